The zero-order valence-corrected chi connectivity index (χ0v) is 17.1. The van der Waals surface area contributed by atoms with Crippen molar-refractivity contribution in [1.29, 1.82) is 0 Å². The van der Waals surface area contributed by atoms with Crippen LogP contribution in [-0.2, 0) is 24.0 Å². The molecule has 0 radical (unpaired) electrons. The van der Waals surface area contributed by atoms with Crippen LogP contribution in [0, 0.1) is 0 Å². The van der Waals surface area contributed by atoms with Crippen molar-refractivity contribution in [3.05, 3.63) is 52.0 Å². The fourth-order valence-electron chi connectivity index (χ4n) is 2.63. The van der Waals surface area contributed by atoms with Crippen LogP contribution in [0.4, 0.5) is 13.2 Å². The van der Waals surface area contributed by atoms with Crippen molar-refractivity contribution >= 4 is 17.6 Å². The van der Waals surface area contributed by atoms with Crippen molar-refractivity contribution in [2.75, 3.05) is 6.61 Å². The fraction of sp³-hybridized carbons (Fsp3) is 0.381. The van der Waals surface area contributed by atoms with E-state index >= 15 is 0 Å². The molecule has 2 aromatic carbocycles. The van der Waals surface area contributed by atoms with Gasteiger partial charge in [-0.1, -0.05) is 31.5 Å². The Labute approximate surface area is 172 Å². The first-order valence-corrected chi connectivity index (χ1v) is 9.56. The fourth-order valence-corrected chi connectivity index (χ4v) is 2.92. The van der Waals surface area contributed by atoms with Gasteiger partial charge in [0, 0.05) is 11.4 Å². The average molecular weight is 431 g/mol. The molecule has 0 fully saturated rings. The summed E-state index contributed by atoms with van der Waals surface area (Å²) < 4.78 is 56.8. The quantitative estimate of drug-likeness (QED) is 0.368. The van der Waals surface area contributed by atoms with Gasteiger partial charge in [-0.05, 0) is 43.2 Å². The molecule has 0 bridgehead atoms. The standard InChI is InChI=1S/C21H22ClF3O4/c1-4-13-10-15(21(23,24)25)19(11-16(13)22)28-12-14-17(27-6-3)8-7-9-18(14)29-20(26)5-2/h7-11H,4-6,12H2,1-3H3. The van der Waals surface area contributed by atoms with E-state index in [1.165, 1.54) is 6.07 Å². The van der Waals surface area contributed by atoms with Gasteiger partial charge in [-0.15, -0.1) is 0 Å². The number of ether oxygens (including phenoxy) is 3. The van der Waals surface area contributed by atoms with Crippen LogP contribution in [0.5, 0.6) is 17.2 Å². The van der Waals surface area contributed by atoms with E-state index < -0.39 is 23.5 Å². The highest BCUT2D eigenvalue weighted by Crippen LogP contribution is 2.40. The Hall–Kier alpha value is -2.41. The highest BCUT2D eigenvalue weighted by atomic mass is 35.5. The number of halogens is 4. The molecule has 29 heavy (non-hydrogen) atoms. The lowest BCUT2D eigenvalue weighted by Gasteiger charge is -2.19. The van der Waals surface area contributed by atoms with Gasteiger partial charge < -0.3 is 14.2 Å². The van der Waals surface area contributed by atoms with Crippen molar-refractivity contribution in [2.45, 2.75) is 46.4 Å². The average Bonchev–Trinajstić information content (AvgIpc) is 2.66. The van der Waals surface area contributed by atoms with Crippen LogP contribution in [0.2, 0.25) is 5.02 Å². The molecule has 0 N–H and O–H groups in total. The van der Waals surface area contributed by atoms with Crippen molar-refractivity contribution in [2.24, 2.45) is 0 Å². The van der Waals surface area contributed by atoms with Crippen LogP contribution in [-0.4, -0.2) is 12.6 Å². The molecule has 0 aliphatic heterocycles. The molecule has 2 rings (SSSR count). The lowest BCUT2D eigenvalue weighted by atomic mass is 10.1. The molecule has 158 valence electrons. The SMILES string of the molecule is CCOc1cccc(OC(=O)CC)c1COc1cc(Cl)c(CC)cc1C(F)(F)F. The number of carbonyl (C=O) groups is 1. The molecule has 8 heteroatoms. The molecular formula is C21H22ClF3O4. The van der Waals surface area contributed by atoms with Crippen molar-refractivity contribution < 1.29 is 32.2 Å². The minimum Gasteiger partial charge on any atom is -0.493 e. The number of carbonyl (C=O) groups excluding carboxylic acids is 1. The molecule has 0 aromatic heterocycles. The Morgan fingerprint density at radius 3 is 2.31 bits per heavy atom. The van der Waals surface area contributed by atoms with Gasteiger partial charge >= 0.3 is 12.1 Å². The molecular weight excluding hydrogens is 409 g/mol. The first-order chi connectivity index (χ1) is 13.7. The smallest absolute Gasteiger partial charge is 0.419 e. The van der Waals surface area contributed by atoms with Crippen LogP contribution in [0.3, 0.4) is 0 Å². The van der Waals surface area contributed by atoms with Gasteiger partial charge in [0.2, 0.25) is 0 Å². The summed E-state index contributed by atoms with van der Waals surface area (Å²) in [5.74, 6) is -0.351. The monoisotopic (exact) mass is 430 g/mol. The summed E-state index contributed by atoms with van der Waals surface area (Å²) in [7, 11) is 0. The van der Waals surface area contributed by atoms with Gasteiger partial charge in [0.15, 0.2) is 0 Å². The number of hydrogen-bond acceptors (Lipinski definition) is 4. The number of rotatable bonds is 8. The molecule has 0 amide bonds. The van der Waals surface area contributed by atoms with Crippen LogP contribution in [0.25, 0.3) is 0 Å². The number of esters is 1. The summed E-state index contributed by atoms with van der Waals surface area (Å²) in [4.78, 5) is 11.7. The summed E-state index contributed by atoms with van der Waals surface area (Å²) in [6.07, 6.45) is -4.11. The molecule has 0 spiro atoms. The van der Waals surface area contributed by atoms with Gasteiger partial charge in [0.05, 0.1) is 17.7 Å². The molecule has 0 aliphatic rings. The predicted octanol–water partition coefficient (Wildman–Crippen LogP) is 6.21. The Morgan fingerprint density at radius 1 is 1.03 bits per heavy atom. The summed E-state index contributed by atoms with van der Waals surface area (Å²) in [6.45, 7) is 5.14. The zero-order valence-electron chi connectivity index (χ0n) is 16.4. The van der Waals surface area contributed by atoms with Gasteiger partial charge in [-0.25, -0.2) is 0 Å². The summed E-state index contributed by atoms with van der Waals surface area (Å²) in [5, 5.41) is 0.186. The van der Waals surface area contributed by atoms with Crippen LogP contribution in [0.15, 0.2) is 30.3 Å². The third-order valence-corrected chi connectivity index (χ3v) is 4.46. The number of alkyl halides is 3. The Balaban J connectivity index is 2.42. The predicted molar refractivity (Wildman–Crippen MR) is 104 cm³/mol. The minimum absolute atomic E-state index is 0.144. The molecule has 4 nitrogen and oxygen atoms in total. The molecule has 0 atom stereocenters. The molecule has 0 aliphatic carbocycles. The van der Waals surface area contributed by atoms with E-state index in [0.29, 0.717) is 29.9 Å². The Bertz CT molecular complexity index is 866. The van der Waals surface area contributed by atoms with Gasteiger partial charge in [-0.2, -0.15) is 13.2 Å². The van der Waals surface area contributed by atoms with Crippen LogP contribution < -0.4 is 14.2 Å². The highest BCUT2D eigenvalue weighted by molar-refractivity contribution is 6.31. The maximum absolute atomic E-state index is 13.5. The number of aryl methyl sites for hydroxylation is 1. The number of benzene rings is 2. The van der Waals surface area contributed by atoms with Gasteiger partial charge in [-0.3, -0.25) is 4.79 Å². The third-order valence-electron chi connectivity index (χ3n) is 4.11. The molecule has 2 aromatic rings. The van der Waals surface area contributed by atoms with Crippen molar-refractivity contribution in [3.63, 3.8) is 0 Å². The topological polar surface area (TPSA) is 44.8 Å². The first-order valence-electron chi connectivity index (χ1n) is 9.18. The van der Waals surface area contributed by atoms with Crippen molar-refractivity contribution in [3.8, 4) is 17.2 Å². The maximum atomic E-state index is 13.5. The largest absolute Gasteiger partial charge is 0.493 e. The van der Waals surface area contributed by atoms with Crippen molar-refractivity contribution in [1.82, 2.24) is 0 Å². The lowest BCUT2D eigenvalue weighted by molar-refractivity contribution is -0.139. The minimum atomic E-state index is -4.61. The molecule has 0 saturated carbocycles. The van der Waals surface area contributed by atoms with E-state index in [4.69, 9.17) is 25.8 Å². The maximum Gasteiger partial charge on any atom is 0.419 e. The number of hydrogen-bond donors (Lipinski definition) is 0. The summed E-state index contributed by atoms with van der Waals surface area (Å²) in [5.41, 5.74) is -0.210. The van der Waals surface area contributed by atoms with Gasteiger partial charge in [0.25, 0.3) is 0 Å². The zero-order chi connectivity index (χ0) is 21.6. The third kappa shape index (κ3) is 5.79. The van der Waals surface area contributed by atoms with Crippen LogP contribution >= 0.6 is 11.6 Å². The highest BCUT2D eigenvalue weighted by Gasteiger charge is 2.35. The van der Waals surface area contributed by atoms with Gasteiger partial charge in [0.1, 0.15) is 23.9 Å². The van der Waals surface area contributed by atoms with E-state index in [1.54, 1.807) is 32.9 Å². The normalized spacial score (nSPS) is 11.3. The molecule has 0 unspecified atom stereocenters. The second kappa shape index (κ2) is 9.87. The lowest BCUT2D eigenvalue weighted by Crippen LogP contribution is -2.12. The Kier molecular flexibility index (Phi) is 7.79. The summed E-state index contributed by atoms with van der Waals surface area (Å²) >= 11 is 6.09. The van der Waals surface area contributed by atoms with E-state index in [0.717, 1.165) is 12.1 Å². The molecule has 0 heterocycles. The van der Waals surface area contributed by atoms with E-state index in [9.17, 15) is 18.0 Å². The first kappa shape index (κ1) is 22.9. The summed E-state index contributed by atoms with van der Waals surface area (Å²) in [6, 6.07) is 6.94. The second-order valence-corrected chi connectivity index (χ2v) is 6.48. The van der Waals surface area contributed by atoms with Crippen LogP contribution in [0.1, 0.15) is 43.9 Å². The van der Waals surface area contributed by atoms with E-state index in [1.807, 2.05) is 0 Å². The molecule has 0 saturated heterocycles. The Morgan fingerprint density at radius 2 is 1.72 bits per heavy atom. The van der Waals surface area contributed by atoms with E-state index in [2.05, 4.69) is 0 Å². The second-order valence-electron chi connectivity index (χ2n) is 6.07. The van der Waals surface area contributed by atoms with E-state index in [-0.39, 0.29) is 23.8 Å².